The van der Waals surface area contributed by atoms with E-state index in [1.54, 1.807) is 0 Å². The van der Waals surface area contributed by atoms with Crippen LogP contribution in [0.3, 0.4) is 0 Å². The standard InChI is InChI=1S/C25H34N6O2/c1-29(2)15-16-32-18-11-13-30(14-12-18)25-28-27-24-10-7-19(17-31(24)25)33-23-9-8-22(26)20-5-3-4-6-21(20)23/h3-7,10,17-18,22-23H,8-9,11-16,26H2,1-2H3. The fourth-order valence-electron chi connectivity index (χ4n) is 4.84. The summed E-state index contributed by atoms with van der Waals surface area (Å²) in [6.45, 7) is 3.55. The minimum Gasteiger partial charge on any atom is -0.484 e. The number of piperidine rings is 1. The molecule has 0 saturated carbocycles. The molecule has 0 spiro atoms. The molecule has 2 unspecified atom stereocenters. The van der Waals surface area contributed by atoms with Crippen molar-refractivity contribution in [1.29, 1.82) is 0 Å². The van der Waals surface area contributed by atoms with E-state index < -0.39 is 0 Å². The van der Waals surface area contributed by atoms with Crippen LogP contribution >= 0.6 is 0 Å². The van der Waals surface area contributed by atoms with Crippen LogP contribution in [0.4, 0.5) is 5.95 Å². The van der Waals surface area contributed by atoms with Crippen LogP contribution < -0.4 is 15.4 Å². The van der Waals surface area contributed by atoms with Crippen molar-refractivity contribution in [3.05, 3.63) is 53.7 Å². The summed E-state index contributed by atoms with van der Waals surface area (Å²) in [6, 6.07) is 12.4. The molecule has 0 radical (unpaired) electrons. The summed E-state index contributed by atoms with van der Waals surface area (Å²) >= 11 is 0. The highest BCUT2D eigenvalue weighted by molar-refractivity contribution is 5.49. The van der Waals surface area contributed by atoms with Gasteiger partial charge in [0.25, 0.3) is 0 Å². The lowest BCUT2D eigenvalue weighted by molar-refractivity contribution is 0.0292. The second-order valence-corrected chi connectivity index (χ2v) is 9.37. The maximum Gasteiger partial charge on any atom is 0.231 e. The van der Waals surface area contributed by atoms with Gasteiger partial charge < -0.3 is 25.0 Å². The van der Waals surface area contributed by atoms with Crippen LogP contribution in [0.1, 0.15) is 49.0 Å². The fourth-order valence-corrected chi connectivity index (χ4v) is 4.84. The molecule has 1 aromatic carbocycles. The third-order valence-corrected chi connectivity index (χ3v) is 6.73. The molecule has 5 rings (SSSR count). The van der Waals surface area contributed by atoms with Crippen molar-refractivity contribution in [2.75, 3.05) is 45.2 Å². The number of aromatic nitrogens is 3. The van der Waals surface area contributed by atoms with Crippen LogP contribution in [0.25, 0.3) is 5.65 Å². The minimum atomic E-state index is 0.00781. The van der Waals surface area contributed by atoms with Crippen molar-refractivity contribution < 1.29 is 9.47 Å². The molecular formula is C25H34N6O2. The number of nitrogens with zero attached hydrogens (tertiary/aromatic N) is 5. The van der Waals surface area contributed by atoms with Crippen molar-refractivity contribution in [1.82, 2.24) is 19.5 Å². The van der Waals surface area contributed by atoms with E-state index in [9.17, 15) is 0 Å². The van der Waals surface area contributed by atoms with Crippen molar-refractivity contribution >= 4 is 11.6 Å². The summed E-state index contributed by atoms with van der Waals surface area (Å²) in [6.07, 6.45) is 6.17. The van der Waals surface area contributed by atoms with Gasteiger partial charge in [0, 0.05) is 25.7 Å². The number of fused-ring (bicyclic) bond motifs is 2. The second kappa shape index (κ2) is 9.67. The summed E-state index contributed by atoms with van der Waals surface area (Å²) in [7, 11) is 4.14. The van der Waals surface area contributed by atoms with Crippen LogP contribution in [0.15, 0.2) is 42.6 Å². The fraction of sp³-hybridized carbons (Fsp3) is 0.520. The Hall–Kier alpha value is -2.68. The number of benzene rings is 1. The van der Waals surface area contributed by atoms with Crippen molar-refractivity contribution in [3.8, 4) is 5.75 Å². The minimum absolute atomic E-state index is 0.00781. The molecule has 1 fully saturated rings. The van der Waals surface area contributed by atoms with Crippen molar-refractivity contribution in [2.45, 2.75) is 43.9 Å². The summed E-state index contributed by atoms with van der Waals surface area (Å²) in [5.41, 5.74) is 9.53. The van der Waals surface area contributed by atoms with Crippen LogP contribution in [0, 0.1) is 0 Å². The molecule has 8 heteroatoms. The van der Waals surface area contributed by atoms with Gasteiger partial charge in [0.2, 0.25) is 5.95 Å². The van der Waals surface area contributed by atoms with E-state index in [1.165, 1.54) is 11.1 Å². The van der Waals surface area contributed by atoms with Gasteiger partial charge in [0.05, 0.1) is 18.9 Å². The Bertz CT molecular complexity index is 1080. The molecule has 176 valence electrons. The van der Waals surface area contributed by atoms with Gasteiger partial charge in [-0.25, -0.2) is 0 Å². The van der Waals surface area contributed by atoms with E-state index in [0.29, 0.717) is 6.10 Å². The SMILES string of the molecule is CN(C)CCOC1CCN(c2nnc3ccc(OC4CCC(N)c5ccccc54)cn23)CC1. The van der Waals surface area contributed by atoms with E-state index in [-0.39, 0.29) is 12.1 Å². The maximum atomic E-state index is 6.46. The summed E-state index contributed by atoms with van der Waals surface area (Å²) in [4.78, 5) is 4.45. The van der Waals surface area contributed by atoms with Crippen LogP contribution in [-0.2, 0) is 4.74 Å². The number of pyridine rings is 1. The molecule has 3 heterocycles. The second-order valence-electron chi connectivity index (χ2n) is 9.37. The van der Waals surface area contributed by atoms with E-state index in [1.807, 2.05) is 28.8 Å². The Morgan fingerprint density at radius 2 is 1.79 bits per heavy atom. The lowest BCUT2D eigenvalue weighted by atomic mass is 9.86. The van der Waals surface area contributed by atoms with Gasteiger partial charge in [0.1, 0.15) is 11.9 Å². The lowest BCUT2D eigenvalue weighted by Gasteiger charge is -2.32. The zero-order chi connectivity index (χ0) is 22.8. The molecule has 33 heavy (non-hydrogen) atoms. The van der Waals surface area contributed by atoms with Gasteiger partial charge in [0.15, 0.2) is 5.65 Å². The third kappa shape index (κ3) is 4.83. The Morgan fingerprint density at radius 1 is 1.00 bits per heavy atom. The predicted octanol–water partition coefficient (Wildman–Crippen LogP) is 3.19. The Kier molecular flexibility index (Phi) is 6.48. The van der Waals surface area contributed by atoms with E-state index in [0.717, 1.165) is 69.3 Å². The first-order valence-corrected chi connectivity index (χ1v) is 12.0. The number of anilines is 1. The normalized spacial score (nSPS) is 21.5. The molecule has 3 aromatic rings. The molecular weight excluding hydrogens is 416 g/mol. The highest BCUT2D eigenvalue weighted by Gasteiger charge is 2.27. The number of likely N-dealkylation sites (N-methyl/N-ethyl adjacent to an activating group) is 1. The Balaban J connectivity index is 1.28. The van der Waals surface area contributed by atoms with Gasteiger partial charge in [-0.1, -0.05) is 24.3 Å². The molecule has 2 aliphatic rings. The van der Waals surface area contributed by atoms with Crippen LogP contribution in [-0.4, -0.2) is 65.9 Å². The van der Waals surface area contributed by atoms with Gasteiger partial charge in [-0.2, -0.15) is 0 Å². The van der Waals surface area contributed by atoms with E-state index in [4.69, 9.17) is 15.2 Å². The average molecular weight is 451 g/mol. The zero-order valence-corrected chi connectivity index (χ0v) is 19.6. The summed E-state index contributed by atoms with van der Waals surface area (Å²) < 4.78 is 14.5. The quantitative estimate of drug-likeness (QED) is 0.592. The third-order valence-electron chi connectivity index (χ3n) is 6.73. The number of nitrogens with two attached hydrogens (primary N) is 1. The van der Waals surface area contributed by atoms with Crippen molar-refractivity contribution in [3.63, 3.8) is 0 Å². The highest BCUT2D eigenvalue weighted by Crippen LogP contribution is 2.37. The largest absolute Gasteiger partial charge is 0.484 e. The summed E-state index contributed by atoms with van der Waals surface area (Å²) in [5.74, 6) is 1.69. The Morgan fingerprint density at radius 3 is 2.58 bits per heavy atom. The van der Waals surface area contributed by atoms with E-state index in [2.05, 4.69) is 52.3 Å². The molecule has 2 N–H and O–H groups in total. The lowest BCUT2D eigenvalue weighted by Crippen LogP contribution is -2.38. The molecule has 8 nitrogen and oxygen atoms in total. The number of hydrogen-bond acceptors (Lipinski definition) is 7. The van der Waals surface area contributed by atoms with Gasteiger partial charge >= 0.3 is 0 Å². The maximum absolute atomic E-state index is 6.46. The van der Waals surface area contributed by atoms with Gasteiger partial charge in [-0.15, -0.1) is 10.2 Å². The average Bonchev–Trinajstić information content (AvgIpc) is 3.25. The molecule has 2 aromatic heterocycles. The Labute approximate surface area is 195 Å². The van der Waals surface area contributed by atoms with Crippen LogP contribution in [0.2, 0.25) is 0 Å². The zero-order valence-electron chi connectivity index (χ0n) is 19.6. The number of hydrogen-bond donors (Lipinski definition) is 1. The summed E-state index contributed by atoms with van der Waals surface area (Å²) in [5, 5.41) is 8.86. The monoisotopic (exact) mass is 450 g/mol. The molecule has 2 atom stereocenters. The first kappa shape index (κ1) is 22.1. The number of ether oxygens (including phenoxy) is 2. The van der Waals surface area contributed by atoms with Gasteiger partial charge in [-0.05, 0) is 63.0 Å². The predicted molar refractivity (Wildman–Crippen MR) is 129 cm³/mol. The van der Waals surface area contributed by atoms with Crippen LogP contribution in [0.5, 0.6) is 5.75 Å². The number of rotatable bonds is 7. The topological polar surface area (TPSA) is 81.1 Å². The molecule has 1 saturated heterocycles. The molecule has 0 bridgehead atoms. The molecule has 0 amide bonds. The smallest absolute Gasteiger partial charge is 0.231 e. The van der Waals surface area contributed by atoms with Gasteiger partial charge in [-0.3, -0.25) is 4.40 Å². The molecule has 1 aliphatic carbocycles. The highest BCUT2D eigenvalue weighted by atomic mass is 16.5. The van der Waals surface area contributed by atoms with E-state index >= 15 is 0 Å². The molecule has 1 aliphatic heterocycles. The van der Waals surface area contributed by atoms with Crippen molar-refractivity contribution in [2.24, 2.45) is 5.73 Å². The first-order valence-electron chi connectivity index (χ1n) is 12.0. The first-order chi connectivity index (χ1) is 16.1.